The Morgan fingerprint density at radius 3 is 1.34 bits per heavy atom. The predicted molar refractivity (Wildman–Crippen MR) is 255 cm³/mol. The van der Waals surface area contributed by atoms with E-state index in [-0.39, 0.29) is 34.7 Å². The highest BCUT2D eigenvalue weighted by Crippen LogP contribution is 2.46. The zero-order valence-corrected chi connectivity index (χ0v) is 37.3. The summed E-state index contributed by atoms with van der Waals surface area (Å²) in [6, 6.07) is 49.8. The van der Waals surface area contributed by atoms with Crippen molar-refractivity contribution in [3.63, 3.8) is 0 Å². The van der Waals surface area contributed by atoms with Gasteiger partial charge in [0.1, 0.15) is 0 Å². The van der Waals surface area contributed by atoms with Gasteiger partial charge in [-0.2, -0.15) is 0 Å². The lowest BCUT2D eigenvalue weighted by Gasteiger charge is -2.34. The molecule has 6 aliphatic rings. The van der Waals surface area contributed by atoms with Crippen LogP contribution in [0.4, 0.5) is 0 Å². The van der Waals surface area contributed by atoms with Crippen molar-refractivity contribution < 1.29 is 29.8 Å². The van der Waals surface area contributed by atoms with Crippen molar-refractivity contribution in [3.05, 3.63) is 218 Å². The van der Waals surface area contributed by atoms with Gasteiger partial charge in [-0.25, -0.2) is 0 Å². The predicted octanol–water partition coefficient (Wildman–Crippen LogP) is 9.73. The van der Waals surface area contributed by atoms with Crippen LogP contribution in [-0.2, 0) is 60.8 Å². The quantitative estimate of drug-likeness (QED) is 0.117. The van der Waals surface area contributed by atoms with Crippen molar-refractivity contribution in [2.45, 2.75) is 62.6 Å². The van der Waals surface area contributed by atoms with Crippen LogP contribution < -0.4 is 0 Å². The second-order valence-electron chi connectivity index (χ2n) is 18.0. The number of fused-ring (bicyclic) bond motifs is 6. The minimum absolute atomic E-state index is 0.0627. The molecule has 0 aromatic heterocycles. The molecule has 6 aromatic carbocycles. The second kappa shape index (κ2) is 18.6. The first-order valence-corrected chi connectivity index (χ1v) is 22.6. The van der Waals surface area contributed by atoms with Crippen LogP contribution >= 0.6 is 0 Å². The van der Waals surface area contributed by atoms with Crippen LogP contribution in [0.1, 0.15) is 71.6 Å². The summed E-state index contributed by atoms with van der Waals surface area (Å²) < 4.78 is 12.0. The standard InChI is InChI=1S/C19H19NO2.C19H18O2.C18H15NO.CH4O/c1-22-19(11-14-7-2-3-8-15(14)12-19)17-10-13-6-4-5-9-16(13)18(17)20-21;1-21-19(11-14-7-2-3-8-15(14)12-19)17-10-13-6-4-5-9-16(13)18(17)20;20-19-18-16-8-4-3-7-14(16)11-17(18)15-9-12-5-1-2-6-13(12)10-15;1-2/h2-9,17,21H,10-12H2,1H3;2-9,17H,10-12H2,1H3;1-9,17,20H,10-11H2;2H,1H3/b20-18+;;;. The van der Waals surface area contributed by atoms with Gasteiger partial charge in [0.05, 0.1) is 28.5 Å². The Morgan fingerprint density at radius 1 is 0.477 bits per heavy atom. The van der Waals surface area contributed by atoms with E-state index >= 15 is 0 Å². The zero-order chi connectivity index (χ0) is 45.1. The number of benzene rings is 6. The molecule has 8 nitrogen and oxygen atoms in total. The molecule has 330 valence electrons. The molecule has 65 heavy (non-hydrogen) atoms. The van der Waals surface area contributed by atoms with E-state index in [0.29, 0.717) is 0 Å². The minimum Gasteiger partial charge on any atom is -0.411 e. The molecule has 6 aliphatic carbocycles. The summed E-state index contributed by atoms with van der Waals surface area (Å²) in [7, 11) is 4.53. The largest absolute Gasteiger partial charge is 0.411 e. The number of rotatable bonds is 5. The van der Waals surface area contributed by atoms with Crippen LogP contribution in [0.5, 0.6) is 0 Å². The number of carbonyl (C=O) groups excluding carboxylic acids is 1. The Labute approximate surface area is 381 Å². The summed E-state index contributed by atoms with van der Waals surface area (Å²) in [4.78, 5) is 12.8. The molecule has 0 saturated carbocycles. The first-order chi connectivity index (χ1) is 31.9. The number of aliphatic hydroxyl groups is 1. The number of aliphatic hydroxyl groups excluding tert-OH is 1. The third kappa shape index (κ3) is 7.94. The van der Waals surface area contributed by atoms with Gasteiger partial charge in [-0.05, 0) is 75.8 Å². The summed E-state index contributed by atoms with van der Waals surface area (Å²) in [6.45, 7) is 0. The average Bonchev–Trinajstić information content (AvgIpc) is 4.22. The molecule has 0 saturated heterocycles. The van der Waals surface area contributed by atoms with E-state index in [1.165, 1.54) is 55.6 Å². The van der Waals surface area contributed by atoms with E-state index in [1.54, 1.807) is 14.2 Å². The van der Waals surface area contributed by atoms with Crippen LogP contribution in [0.15, 0.2) is 161 Å². The van der Waals surface area contributed by atoms with Gasteiger partial charge in [-0.3, -0.25) is 4.79 Å². The van der Waals surface area contributed by atoms with Crippen LogP contribution in [0.25, 0.3) is 6.08 Å². The highest BCUT2D eigenvalue weighted by Gasteiger charge is 2.51. The topological polar surface area (TPSA) is 121 Å². The van der Waals surface area contributed by atoms with E-state index in [1.807, 2.05) is 54.6 Å². The van der Waals surface area contributed by atoms with Gasteiger partial charge >= 0.3 is 0 Å². The lowest BCUT2D eigenvalue weighted by molar-refractivity contribution is -0.0384. The molecular formula is C57H56N2O6. The molecule has 6 aromatic rings. The van der Waals surface area contributed by atoms with Crippen molar-refractivity contribution >= 4 is 23.3 Å². The van der Waals surface area contributed by atoms with Gasteiger partial charge in [-0.1, -0.05) is 168 Å². The number of nitrogens with zero attached hydrogens (tertiary/aromatic N) is 2. The summed E-state index contributed by atoms with van der Waals surface area (Å²) in [5, 5.41) is 33.3. The lowest BCUT2D eigenvalue weighted by Crippen LogP contribution is -2.44. The maximum Gasteiger partial charge on any atom is 0.169 e. The van der Waals surface area contributed by atoms with Gasteiger partial charge in [0.15, 0.2) is 5.78 Å². The first kappa shape index (κ1) is 43.8. The van der Waals surface area contributed by atoms with E-state index in [0.717, 1.165) is 86.6 Å². The van der Waals surface area contributed by atoms with Crippen LogP contribution in [0, 0.1) is 17.8 Å². The summed E-state index contributed by atoms with van der Waals surface area (Å²) in [5.41, 5.74) is 17.0. The Balaban J connectivity index is 0.000000121. The molecule has 3 unspecified atom stereocenters. The minimum atomic E-state index is -0.375. The molecular weight excluding hydrogens is 809 g/mol. The fourth-order valence-electron chi connectivity index (χ4n) is 11.6. The van der Waals surface area contributed by atoms with Crippen molar-refractivity contribution in [1.29, 1.82) is 0 Å². The molecule has 0 heterocycles. The van der Waals surface area contributed by atoms with E-state index < -0.39 is 0 Å². The highest BCUT2D eigenvalue weighted by atomic mass is 16.5. The number of oxime groups is 2. The maximum absolute atomic E-state index is 12.8. The Hall–Kier alpha value is -6.45. The van der Waals surface area contributed by atoms with Crippen molar-refractivity contribution in [2.75, 3.05) is 21.3 Å². The van der Waals surface area contributed by atoms with Gasteiger partial charge in [0, 0.05) is 75.5 Å². The summed E-state index contributed by atoms with van der Waals surface area (Å²) >= 11 is 0. The van der Waals surface area contributed by atoms with Crippen molar-refractivity contribution in [1.82, 2.24) is 0 Å². The Bertz CT molecular complexity index is 2770. The maximum atomic E-state index is 12.8. The number of ketones is 1. The molecule has 0 bridgehead atoms. The molecule has 8 heteroatoms. The molecule has 0 fully saturated rings. The fraction of sp³-hybridized carbons (Fsp3) is 0.281. The van der Waals surface area contributed by atoms with Gasteiger partial charge in [0.2, 0.25) is 0 Å². The lowest BCUT2D eigenvalue weighted by atomic mass is 9.81. The molecule has 0 radical (unpaired) electrons. The van der Waals surface area contributed by atoms with E-state index in [2.05, 4.69) is 107 Å². The Morgan fingerprint density at radius 2 is 0.862 bits per heavy atom. The smallest absolute Gasteiger partial charge is 0.169 e. The molecule has 0 aliphatic heterocycles. The Kier molecular flexibility index (Phi) is 12.5. The van der Waals surface area contributed by atoms with Gasteiger partial charge in [-0.15, -0.1) is 0 Å². The fourth-order valence-corrected chi connectivity index (χ4v) is 11.6. The van der Waals surface area contributed by atoms with E-state index in [4.69, 9.17) is 14.6 Å². The molecule has 12 rings (SSSR count). The SMILES string of the molecule is CO.COC1(C2Cc3ccccc3/C2=N\O)Cc2ccccc2C1.COC1(C2Cc3ccccc3C2=O)Cc2ccccc2C1.ON=C1c2ccccc2CC1C1=Cc2ccccc2C1. The molecule has 3 atom stereocenters. The van der Waals surface area contributed by atoms with E-state index in [9.17, 15) is 15.2 Å². The third-order valence-corrected chi connectivity index (χ3v) is 14.9. The molecule has 3 N–H and O–H groups in total. The molecule has 0 spiro atoms. The number of carbonyl (C=O) groups is 1. The van der Waals surface area contributed by atoms with Crippen LogP contribution in [-0.4, -0.2) is 65.3 Å². The second-order valence-corrected chi connectivity index (χ2v) is 18.0. The van der Waals surface area contributed by atoms with Gasteiger partial charge < -0.3 is 25.0 Å². The normalized spacial score (nSPS) is 21.9. The number of Topliss-reactive ketones (excluding diaryl/α,β-unsaturated/α-hetero) is 1. The zero-order valence-electron chi connectivity index (χ0n) is 37.3. The summed E-state index contributed by atoms with van der Waals surface area (Å²) in [6.07, 6.45) is 9.26. The monoisotopic (exact) mass is 864 g/mol. The highest BCUT2D eigenvalue weighted by molar-refractivity contribution is 6.08. The van der Waals surface area contributed by atoms with Crippen molar-refractivity contribution in [3.8, 4) is 0 Å². The number of hydrogen-bond donors (Lipinski definition) is 3. The first-order valence-electron chi connectivity index (χ1n) is 22.6. The van der Waals surface area contributed by atoms with Gasteiger partial charge in [0.25, 0.3) is 0 Å². The number of ether oxygens (including phenoxy) is 2. The van der Waals surface area contributed by atoms with Crippen LogP contribution in [0.3, 0.4) is 0 Å². The molecule has 0 amide bonds. The summed E-state index contributed by atoms with van der Waals surface area (Å²) in [5.74, 6) is 0.490. The van der Waals surface area contributed by atoms with Crippen LogP contribution in [0.2, 0.25) is 0 Å². The number of allylic oxidation sites excluding steroid dienone is 1. The number of hydrogen-bond acceptors (Lipinski definition) is 8. The third-order valence-electron chi connectivity index (χ3n) is 14.9. The average molecular weight is 865 g/mol. The number of methoxy groups -OCH3 is 2. The van der Waals surface area contributed by atoms with Crippen molar-refractivity contribution in [2.24, 2.45) is 28.1 Å².